The van der Waals surface area contributed by atoms with Gasteiger partial charge in [-0.2, -0.15) is 0 Å². The van der Waals surface area contributed by atoms with Gasteiger partial charge in [0.2, 0.25) is 11.8 Å². The Bertz CT molecular complexity index is 614. The Kier molecular flexibility index (Phi) is 5.02. The first-order valence-corrected chi connectivity index (χ1v) is 8.79. The maximum atomic E-state index is 12.3. The molecule has 1 N–H and O–H groups in total. The number of nitrogens with zero attached hydrogens (tertiary/aromatic N) is 1. The van der Waals surface area contributed by atoms with Gasteiger partial charge in [-0.25, -0.2) is 0 Å². The van der Waals surface area contributed by atoms with Gasteiger partial charge in [0, 0.05) is 36.3 Å². The van der Waals surface area contributed by atoms with E-state index in [1.54, 1.807) is 4.90 Å². The van der Waals surface area contributed by atoms with Gasteiger partial charge in [0.15, 0.2) is 0 Å². The number of rotatable bonds is 4. The molecule has 2 saturated heterocycles. The predicted molar refractivity (Wildman–Crippen MR) is 91.3 cm³/mol. The average molecular weight is 381 g/mol. The van der Waals surface area contributed by atoms with Crippen LogP contribution in [0.1, 0.15) is 24.8 Å². The summed E-state index contributed by atoms with van der Waals surface area (Å²) in [5.41, 5.74) is 1.92. The molecule has 2 atom stereocenters. The Morgan fingerprint density at radius 1 is 1.48 bits per heavy atom. The van der Waals surface area contributed by atoms with Crippen LogP contribution >= 0.6 is 15.9 Å². The second-order valence-electron chi connectivity index (χ2n) is 6.22. The lowest BCUT2D eigenvalue weighted by Crippen LogP contribution is -2.37. The molecule has 6 heteroatoms. The normalized spacial score (nSPS) is 24.3. The molecule has 0 aromatic heterocycles. The zero-order chi connectivity index (χ0) is 16.4. The lowest BCUT2D eigenvalue weighted by Gasteiger charge is -2.18. The number of carbonyl (C=O) groups excluding carboxylic acids is 2. The van der Waals surface area contributed by atoms with E-state index in [0.29, 0.717) is 13.1 Å². The molecular formula is C17H21BrN2O3. The Labute approximate surface area is 144 Å². The van der Waals surface area contributed by atoms with Crippen molar-refractivity contribution in [1.29, 1.82) is 0 Å². The highest BCUT2D eigenvalue weighted by molar-refractivity contribution is 9.10. The van der Waals surface area contributed by atoms with Gasteiger partial charge < -0.3 is 15.0 Å². The lowest BCUT2D eigenvalue weighted by atomic mass is 10.1. The number of hydrogen-bond acceptors (Lipinski definition) is 3. The van der Waals surface area contributed by atoms with Crippen LogP contribution in [0.5, 0.6) is 0 Å². The molecule has 3 rings (SSSR count). The van der Waals surface area contributed by atoms with Crippen LogP contribution < -0.4 is 10.2 Å². The molecule has 2 aliphatic rings. The zero-order valence-electron chi connectivity index (χ0n) is 13.2. The highest BCUT2D eigenvalue weighted by atomic mass is 79.9. The standard InChI is InChI=1S/C17H21BrN2O3/c1-11-7-13(4-5-15(11)18)20-10-12(8-16(20)21)17(22)19-9-14-3-2-6-23-14/h4-5,7,12,14H,2-3,6,8-10H2,1H3,(H,19,22)/t12-,14+/m0/s1. The molecule has 0 radical (unpaired) electrons. The first-order chi connectivity index (χ1) is 11.0. The molecule has 124 valence electrons. The monoisotopic (exact) mass is 380 g/mol. The van der Waals surface area contributed by atoms with Crippen molar-refractivity contribution in [2.75, 3.05) is 24.6 Å². The molecule has 1 aromatic rings. The molecule has 0 saturated carbocycles. The minimum Gasteiger partial charge on any atom is -0.376 e. The van der Waals surface area contributed by atoms with Crippen LogP contribution in [0, 0.1) is 12.8 Å². The Hall–Kier alpha value is -1.40. The maximum absolute atomic E-state index is 12.3. The maximum Gasteiger partial charge on any atom is 0.227 e. The van der Waals surface area contributed by atoms with Crippen molar-refractivity contribution >= 4 is 33.4 Å². The summed E-state index contributed by atoms with van der Waals surface area (Å²) in [5.74, 6) is -0.331. The number of nitrogens with one attached hydrogen (secondary N) is 1. The summed E-state index contributed by atoms with van der Waals surface area (Å²) >= 11 is 3.46. The summed E-state index contributed by atoms with van der Waals surface area (Å²) in [6.07, 6.45) is 2.45. The van der Waals surface area contributed by atoms with Gasteiger partial charge in [-0.1, -0.05) is 15.9 Å². The number of halogens is 1. The third-order valence-electron chi connectivity index (χ3n) is 4.48. The Morgan fingerprint density at radius 2 is 2.30 bits per heavy atom. The first kappa shape index (κ1) is 16.5. The van der Waals surface area contributed by atoms with Crippen molar-refractivity contribution in [3.8, 4) is 0 Å². The molecule has 2 amide bonds. The molecule has 0 spiro atoms. The Balaban J connectivity index is 1.59. The summed E-state index contributed by atoms with van der Waals surface area (Å²) in [6, 6.07) is 5.80. The molecule has 2 fully saturated rings. The van der Waals surface area contributed by atoms with Crippen LogP contribution in [0.4, 0.5) is 5.69 Å². The van der Waals surface area contributed by atoms with Gasteiger partial charge >= 0.3 is 0 Å². The van der Waals surface area contributed by atoms with E-state index in [0.717, 1.165) is 35.2 Å². The number of amides is 2. The second kappa shape index (κ2) is 7.01. The van der Waals surface area contributed by atoms with Crippen molar-refractivity contribution in [1.82, 2.24) is 5.32 Å². The van der Waals surface area contributed by atoms with Crippen molar-refractivity contribution in [3.63, 3.8) is 0 Å². The summed E-state index contributed by atoms with van der Waals surface area (Å²) in [4.78, 5) is 26.3. The first-order valence-electron chi connectivity index (χ1n) is 8.00. The summed E-state index contributed by atoms with van der Waals surface area (Å²) in [7, 11) is 0. The van der Waals surface area contributed by atoms with Crippen LogP contribution in [0.15, 0.2) is 22.7 Å². The van der Waals surface area contributed by atoms with Gasteiger partial charge in [-0.15, -0.1) is 0 Å². The van der Waals surface area contributed by atoms with E-state index in [-0.39, 0.29) is 30.3 Å². The minimum atomic E-state index is -0.284. The largest absolute Gasteiger partial charge is 0.376 e. The number of carbonyl (C=O) groups is 2. The predicted octanol–water partition coefficient (Wildman–Crippen LogP) is 2.41. The van der Waals surface area contributed by atoms with Gasteiger partial charge in [0.1, 0.15) is 0 Å². The number of benzene rings is 1. The molecule has 1 aromatic carbocycles. The van der Waals surface area contributed by atoms with Gasteiger partial charge in [0.05, 0.1) is 12.0 Å². The van der Waals surface area contributed by atoms with E-state index in [1.807, 2.05) is 25.1 Å². The summed E-state index contributed by atoms with van der Waals surface area (Å²) < 4.78 is 6.52. The SMILES string of the molecule is Cc1cc(N2C[C@@H](C(=O)NC[C@H]3CCCO3)CC2=O)ccc1Br. The van der Waals surface area contributed by atoms with E-state index in [1.165, 1.54) is 0 Å². The van der Waals surface area contributed by atoms with Crippen LogP contribution in [0.25, 0.3) is 0 Å². The highest BCUT2D eigenvalue weighted by Gasteiger charge is 2.35. The van der Waals surface area contributed by atoms with E-state index in [4.69, 9.17) is 4.74 Å². The number of ether oxygens (including phenoxy) is 1. The fourth-order valence-electron chi connectivity index (χ4n) is 3.09. The van der Waals surface area contributed by atoms with Crippen molar-refractivity contribution < 1.29 is 14.3 Å². The van der Waals surface area contributed by atoms with E-state index >= 15 is 0 Å². The van der Waals surface area contributed by atoms with Crippen molar-refractivity contribution in [3.05, 3.63) is 28.2 Å². The number of hydrogen-bond donors (Lipinski definition) is 1. The molecule has 5 nitrogen and oxygen atoms in total. The molecule has 2 heterocycles. The smallest absolute Gasteiger partial charge is 0.227 e. The second-order valence-corrected chi connectivity index (χ2v) is 7.07. The third-order valence-corrected chi connectivity index (χ3v) is 5.37. The number of aryl methyl sites for hydroxylation is 1. The molecule has 0 aliphatic carbocycles. The van der Waals surface area contributed by atoms with Crippen molar-refractivity contribution in [2.45, 2.75) is 32.3 Å². The minimum absolute atomic E-state index is 0.00369. The molecular weight excluding hydrogens is 360 g/mol. The van der Waals surface area contributed by atoms with E-state index in [9.17, 15) is 9.59 Å². The molecule has 2 aliphatic heterocycles. The summed E-state index contributed by atoms with van der Waals surface area (Å²) in [6.45, 7) is 3.75. The van der Waals surface area contributed by atoms with E-state index in [2.05, 4.69) is 21.2 Å². The van der Waals surface area contributed by atoms with Gasteiger partial charge in [0.25, 0.3) is 0 Å². The molecule has 23 heavy (non-hydrogen) atoms. The fraction of sp³-hybridized carbons (Fsp3) is 0.529. The third kappa shape index (κ3) is 3.75. The highest BCUT2D eigenvalue weighted by Crippen LogP contribution is 2.28. The van der Waals surface area contributed by atoms with Crippen LogP contribution in [-0.2, 0) is 14.3 Å². The topological polar surface area (TPSA) is 58.6 Å². The zero-order valence-corrected chi connectivity index (χ0v) is 14.8. The molecule has 0 unspecified atom stereocenters. The lowest BCUT2D eigenvalue weighted by molar-refractivity contribution is -0.126. The van der Waals surface area contributed by atoms with Crippen LogP contribution in [0.2, 0.25) is 0 Å². The van der Waals surface area contributed by atoms with Crippen LogP contribution in [-0.4, -0.2) is 37.6 Å². The fourth-order valence-corrected chi connectivity index (χ4v) is 3.34. The Morgan fingerprint density at radius 3 is 3.00 bits per heavy atom. The number of anilines is 1. The van der Waals surface area contributed by atoms with Crippen LogP contribution in [0.3, 0.4) is 0 Å². The van der Waals surface area contributed by atoms with Gasteiger partial charge in [-0.3, -0.25) is 9.59 Å². The summed E-state index contributed by atoms with van der Waals surface area (Å²) in [5, 5.41) is 2.93. The molecule has 0 bridgehead atoms. The van der Waals surface area contributed by atoms with Gasteiger partial charge in [-0.05, 0) is 43.5 Å². The van der Waals surface area contributed by atoms with E-state index < -0.39 is 0 Å². The average Bonchev–Trinajstić information content (AvgIpc) is 3.17. The van der Waals surface area contributed by atoms with Crippen molar-refractivity contribution in [2.24, 2.45) is 5.92 Å². The quantitative estimate of drug-likeness (QED) is 0.872.